The van der Waals surface area contributed by atoms with Crippen molar-refractivity contribution in [2.24, 2.45) is 7.05 Å². The van der Waals surface area contributed by atoms with Crippen LogP contribution in [0.2, 0.25) is 0 Å². The lowest BCUT2D eigenvalue weighted by Crippen LogP contribution is -1.95. The van der Waals surface area contributed by atoms with Gasteiger partial charge < -0.3 is 4.57 Å². The Balaban J connectivity index is 2.50. The fourth-order valence-corrected chi connectivity index (χ4v) is 3.46. The smallest absolute Gasteiger partial charge is 0.0557 e. The first-order valence-corrected chi connectivity index (χ1v) is 9.33. The van der Waals surface area contributed by atoms with Crippen molar-refractivity contribution in [3.63, 3.8) is 0 Å². The van der Waals surface area contributed by atoms with Gasteiger partial charge in [-0.3, -0.25) is 0 Å². The van der Waals surface area contributed by atoms with Gasteiger partial charge in [0.2, 0.25) is 0 Å². The molecule has 2 rings (SSSR count). The maximum Gasteiger partial charge on any atom is 0.0557 e. The molecule has 1 aromatic heterocycles. The Labute approximate surface area is 157 Å². The Morgan fingerprint density at radius 1 is 1.35 bits per heavy atom. The number of nitrogens with zero attached hydrogens (tertiary/aromatic N) is 1. The second-order valence-electron chi connectivity index (χ2n) is 5.65. The Bertz CT molecular complexity index is 786. The molecule has 0 fully saturated rings. The van der Waals surface area contributed by atoms with E-state index < -0.39 is 0 Å². The second kappa shape index (κ2) is 8.60. The molecule has 3 heteroatoms. The number of rotatable bonds is 6. The number of hydrogen-bond acceptors (Lipinski definition) is 1. The highest BCUT2D eigenvalue weighted by Gasteiger charge is 2.06. The minimum absolute atomic E-state index is 0.912. The standard InChI is InChI=1S/C20H22INS/c1-4-6-10-18(21)12-17-13-22(3)14-19(20(17)23)16-9-7-8-15(5-2)11-16/h5,7-9,11-14H,2,4,6,10H2,1,3H3/b18-12-. The van der Waals surface area contributed by atoms with E-state index in [1.54, 1.807) is 0 Å². The van der Waals surface area contributed by atoms with Gasteiger partial charge >= 0.3 is 0 Å². The maximum atomic E-state index is 5.76. The van der Waals surface area contributed by atoms with Crippen LogP contribution in [0.25, 0.3) is 23.3 Å². The summed E-state index contributed by atoms with van der Waals surface area (Å²) in [6.45, 7) is 6.07. The average molecular weight is 435 g/mol. The van der Waals surface area contributed by atoms with E-state index in [4.69, 9.17) is 12.2 Å². The highest BCUT2D eigenvalue weighted by Crippen LogP contribution is 2.27. The van der Waals surface area contributed by atoms with E-state index in [1.807, 2.05) is 13.1 Å². The Morgan fingerprint density at radius 3 is 2.83 bits per heavy atom. The van der Waals surface area contributed by atoms with Crippen molar-refractivity contribution in [3.05, 3.63) is 62.5 Å². The zero-order valence-corrected chi connectivity index (χ0v) is 16.7. The van der Waals surface area contributed by atoms with Gasteiger partial charge in [0, 0.05) is 30.6 Å². The highest BCUT2D eigenvalue weighted by molar-refractivity contribution is 14.1. The third-order valence-electron chi connectivity index (χ3n) is 3.70. The molecule has 2 aromatic rings. The molecule has 0 aliphatic carbocycles. The first-order valence-electron chi connectivity index (χ1n) is 7.84. The van der Waals surface area contributed by atoms with E-state index in [0.29, 0.717) is 0 Å². The minimum atomic E-state index is 0.912. The molecule has 0 bridgehead atoms. The molecule has 1 nitrogen and oxygen atoms in total. The molecule has 0 saturated heterocycles. The maximum absolute atomic E-state index is 5.76. The monoisotopic (exact) mass is 435 g/mol. The molecule has 0 radical (unpaired) electrons. The topological polar surface area (TPSA) is 4.93 Å². The number of allylic oxidation sites excluding steroid dienone is 1. The largest absolute Gasteiger partial charge is 0.356 e. The summed E-state index contributed by atoms with van der Waals surface area (Å²) >= 11 is 8.18. The van der Waals surface area contributed by atoms with Gasteiger partial charge in [0.05, 0.1) is 4.51 Å². The van der Waals surface area contributed by atoms with Crippen molar-refractivity contribution in [1.29, 1.82) is 0 Å². The molecule has 0 N–H and O–H groups in total. The van der Waals surface area contributed by atoms with Gasteiger partial charge in [-0.25, -0.2) is 0 Å². The van der Waals surface area contributed by atoms with Crippen LogP contribution >= 0.6 is 34.8 Å². The van der Waals surface area contributed by atoms with Gasteiger partial charge in [-0.1, -0.05) is 56.4 Å². The molecule has 0 spiro atoms. The fourth-order valence-electron chi connectivity index (χ4n) is 2.46. The van der Waals surface area contributed by atoms with Crippen molar-refractivity contribution in [2.45, 2.75) is 26.2 Å². The van der Waals surface area contributed by atoms with Gasteiger partial charge in [0.1, 0.15) is 0 Å². The molecule has 0 saturated carbocycles. The SMILES string of the molecule is C=Cc1cccc(-c2cn(C)cc(/C=C(\I)CCCC)c2=S)c1. The van der Waals surface area contributed by atoms with Gasteiger partial charge in [0.25, 0.3) is 0 Å². The summed E-state index contributed by atoms with van der Waals surface area (Å²) in [6, 6.07) is 8.34. The van der Waals surface area contributed by atoms with Crippen LogP contribution in [0.5, 0.6) is 0 Å². The average Bonchev–Trinajstić information content (AvgIpc) is 2.56. The lowest BCUT2D eigenvalue weighted by atomic mass is 10.0. The van der Waals surface area contributed by atoms with E-state index in [1.165, 1.54) is 16.4 Å². The number of unbranched alkanes of at least 4 members (excludes halogenated alkanes) is 1. The molecule has 0 aliphatic rings. The Morgan fingerprint density at radius 2 is 2.13 bits per heavy atom. The number of benzene rings is 1. The lowest BCUT2D eigenvalue weighted by Gasteiger charge is -2.10. The predicted molar refractivity (Wildman–Crippen MR) is 113 cm³/mol. The van der Waals surface area contributed by atoms with Crippen molar-refractivity contribution in [2.75, 3.05) is 0 Å². The summed E-state index contributed by atoms with van der Waals surface area (Å²) < 4.78 is 4.35. The van der Waals surface area contributed by atoms with Crippen LogP contribution in [0.3, 0.4) is 0 Å². The zero-order valence-electron chi connectivity index (χ0n) is 13.7. The van der Waals surface area contributed by atoms with Crippen LogP contribution in [-0.4, -0.2) is 4.57 Å². The van der Waals surface area contributed by atoms with E-state index in [2.05, 4.69) is 83.4 Å². The third-order valence-corrected chi connectivity index (χ3v) is 5.00. The van der Waals surface area contributed by atoms with Crippen LogP contribution in [0, 0.1) is 4.51 Å². The molecule has 0 unspecified atom stereocenters. The molecule has 1 heterocycles. The van der Waals surface area contributed by atoms with E-state index in [9.17, 15) is 0 Å². The van der Waals surface area contributed by atoms with Crippen LogP contribution in [0.4, 0.5) is 0 Å². The summed E-state index contributed by atoms with van der Waals surface area (Å²) in [5.74, 6) is 0. The van der Waals surface area contributed by atoms with Crippen LogP contribution in [0.15, 0.2) is 46.8 Å². The Hall–Kier alpha value is -1.20. The molecule has 120 valence electrons. The summed E-state index contributed by atoms with van der Waals surface area (Å²) in [6.07, 6.45) is 11.8. The van der Waals surface area contributed by atoms with Crippen LogP contribution < -0.4 is 0 Å². The summed E-state index contributed by atoms with van der Waals surface area (Å²) in [4.78, 5) is 0. The number of pyridine rings is 1. The van der Waals surface area contributed by atoms with Gasteiger partial charge in [-0.2, -0.15) is 0 Å². The molecular weight excluding hydrogens is 413 g/mol. The first-order chi connectivity index (χ1) is 11.0. The van der Waals surface area contributed by atoms with E-state index >= 15 is 0 Å². The third kappa shape index (κ3) is 4.88. The van der Waals surface area contributed by atoms with Crippen molar-refractivity contribution in [1.82, 2.24) is 4.57 Å². The quantitative estimate of drug-likeness (QED) is 0.348. The zero-order chi connectivity index (χ0) is 16.8. The minimum Gasteiger partial charge on any atom is -0.356 e. The van der Waals surface area contributed by atoms with Gasteiger partial charge in [0.15, 0.2) is 0 Å². The Kier molecular flexibility index (Phi) is 6.78. The number of hydrogen-bond donors (Lipinski definition) is 0. The molecule has 0 atom stereocenters. The van der Waals surface area contributed by atoms with Gasteiger partial charge in [-0.05, 0) is 62.3 Å². The molecule has 0 aliphatic heterocycles. The summed E-state index contributed by atoms with van der Waals surface area (Å²) in [7, 11) is 2.05. The van der Waals surface area contributed by atoms with Crippen LogP contribution in [-0.2, 0) is 7.05 Å². The number of halogens is 1. The normalized spacial score (nSPS) is 11.5. The predicted octanol–water partition coefficient (Wildman–Crippen LogP) is 7.03. The van der Waals surface area contributed by atoms with E-state index in [0.717, 1.165) is 33.2 Å². The van der Waals surface area contributed by atoms with Crippen molar-refractivity contribution in [3.8, 4) is 11.1 Å². The van der Waals surface area contributed by atoms with Crippen LogP contribution in [0.1, 0.15) is 37.3 Å². The molecule has 23 heavy (non-hydrogen) atoms. The van der Waals surface area contributed by atoms with E-state index in [-0.39, 0.29) is 0 Å². The highest BCUT2D eigenvalue weighted by atomic mass is 127. The lowest BCUT2D eigenvalue weighted by molar-refractivity contribution is 0.814. The fraction of sp³-hybridized carbons (Fsp3) is 0.250. The first kappa shape index (κ1) is 18.1. The van der Waals surface area contributed by atoms with Crippen molar-refractivity contribution >= 4 is 47.0 Å². The number of aromatic nitrogens is 1. The second-order valence-corrected chi connectivity index (χ2v) is 7.44. The summed E-state index contributed by atoms with van der Waals surface area (Å²) in [5.41, 5.74) is 4.46. The summed E-state index contributed by atoms with van der Waals surface area (Å²) in [5, 5.41) is 0. The van der Waals surface area contributed by atoms with Gasteiger partial charge in [-0.15, -0.1) is 0 Å². The molecule has 0 amide bonds. The molecular formula is C20H22INS. The molecule has 1 aromatic carbocycles. The van der Waals surface area contributed by atoms with Crippen molar-refractivity contribution < 1.29 is 0 Å². The number of aryl methyl sites for hydroxylation is 1.